The molecule has 2 unspecified atom stereocenters. The van der Waals surface area contributed by atoms with E-state index in [9.17, 15) is 14.7 Å². The van der Waals surface area contributed by atoms with Crippen molar-refractivity contribution in [3.63, 3.8) is 0 Å². The van der Waals surface area contributed by atoms with Gasteiger partial charge in [0, 0.05) is 24.7 Å². The Bertz CT molecular complexity index is 763. The molecule has 0 radical (unpaired) electrons. The van der Waals surface area contributed by atoms with E-state index in [0.717, 1.165) is 17.0 Å². The molecule has 1 amide bonds. The van der Waals surface area contributed by atoms with Gasteiger partial charge in [0.2, 0.25) is 5.91 Å². The summed E-state index contributed by atoms with van der Waals surface area (Å²) in [5, 5.41) is 14.0. The molecule has 0 bridgehead atoms. The second-order valence-corrected chi connectivity index (χ2v) is 6.24. The standard InChI is InChI=1S/C17H21N3O4/c1-10-13(11(2)19(3)18-10)9-20-15(21)7-6-12(17(22)23)16(20)14-5-4-8-24-14/h4-5,8,12,16H,6-7,9H2,1-3H3,(H,22,23). The third-order valence-corrected chi connectivity index (χ3v) is 4.85. The van der Waals surface area contributed by atoms with Crippen LogP contribution in [-0.4, -0.2) is 31.7 Å². The van der Waals surface area contributed by atoms with E-state index < -0.39 is 17.9 Å². The van der Waals surface area contributed by atoms with E-state index in [2.05, 4.69) is 5.10 Å². The van der Waals surface area contributed by atoms with Gasteiger partial charge in [-0.25, -0.2) is 0 Å². The number of hydrogen-bond acceptors (Lipinski definition) is 4. The van der Waals surface area contributed by atoms with Gasteiger partial charge in [-0.05, 0) is 32.4 Å². The first-order chi connectivity index (χ1) is 11.4. The Balaban J connectivity index is 2.01. The van der Waals surface area contributed by atoms with Crippen LogP contribution in [0.2, 0.25) is 0 Å². The summed E-state index contributed by atoms with van der Waals surface area (Å²) in [7, 11) is 1.86. The Hall–Kier alpha value is -2.57. The molecule has 3 heterocycles. The van der Waals surface area contributed by atoms with Crippen molar-refractivity contribution in [3.05, 3.63) is 41.1 Å². The zero-order chi connectivity index (χ0) is 17.4. The smallest absolute Gasteiger partial charge is 0.309 e. The van der Waals surface area contributed by atoms with Crippen molar-refractivity contribution >= 4 is 11.9 Å². The highest BCUT2D eigenvalue weighted by molar-refractivity contribution is 5.81. The third-order valence-electron chi connectivity index (χ3n) is 4.85. The maximum atomic E-state index is 12.6. The SMILES string of the molecule is Cc1nn(C)c(C)c1CN1C(=O)CCC(C(=O)O)C1c1ccco1. The highest BCUT2D eigenvalue weighted by Gasteiger charge is 2.42. The lowest BCUT2D eigenvalue weighted by Crippen LogP contribution is -2.44. The van der Waals surface area contributed by atoms with Crippen molar-refractivity contribution in [1.29, 1.82) is 0 Å². The summed E-state index contributed by atoms with van der Waals surface area (Å²) in [6.45, 7) is 4.17. The zero-order valence-corrected chi connectivity index (χ0v) is 14.0. The molecule has 0 aliphatic carbocycles. The number of likely N-dealkylation sites (tertiary alicyclic amines) is 1. The molecule has 2 aromatic heterocycles. The lowest BCUT2D eigenvalue weighted by Gasteiger charge is -2.38. The minimum Gasteiger partial charge on any atom is -0.481 e. The Morgan fingerprint density at radius 1 is 1.46 bits per heavy atom. The summed E-state index contributed by atoms with van der Waals surface area (Å²) in [6, 6.07) is 2.85. The quantitative estimate of drug-likeness (QED) is 0.928. The van der Waals surface area contributed by atoms with E-state index in [4.69, 9.17) is 4.42 Å². The molecule has 7 heteroatoms. The monoisotopic (exact) mass is 331 g/mol. The number of carbonyl (C=O) groups excluding carboxylic acids is 1. The van der Waals surface area contributed by atoms with E-state index in [1.807, 2.05) is 20.9 Å². The predicted molar refractivity (Wildman–Crippen MR) is 85.0 cm³/mol. The first-order valence-corrected chi connectivity index (χ1v) is 7.95. The lowest BCUT2D eigenvalue weighted by atomic mass is 9.86. The van der Waals surface area contributed by atoms with Gasteiger partial charge in [-0.1, -0.05) is 0 Å². The van der Waals surface area contributed by atoms with Crippen molar-refractivity contribution in [3.8, 4) is 0 Å². The number of amides is 1. The van der Waals surface area contributed by atoms with Crippen LogP contribution in [0.15, 0.2) is 22.8 Å². The summed E-state index contributed by atoms with van der Waals surface area (Å²) < 4.78 is 7.23. The van der Waals surface area contributed by atoms with Crippen molar-refractivity contribution in [2.24, 2.45) is 13.0 Å². The van der Waals surface area contributed by atoms with E-state index in [1.54, 1.807) is 21.7 Å². The number of aryl methyl sites for hydroxylation is 2. The molecule has 2 atom stereocenters. The van der Waals surface area contributed by atoms with Crippen molar-refractivity contribution < 1.29 is 19.1 Å². The number of furan rings is 1. The molecular formula is C17H21N3O4. The van der Waals surface area contributed by atoms with E-state index >= 15 is 0 Å². The van der Waals surface area contributed by atoms with Gasteiger partial charge in [-0.15, -0.1) is 0 Å². The molecule has 1 N–H and O–H groups in total. The van der Waals surface area contributed by atoms with Crippen LogP contribution in [0.3, 0.4) is 0 Å². The fourth-order valence-electron chi connectivity index (χ4n) is 3.43. The summed E-state index contributed by atoms with van der Waals surface area (Å²) in [5.74, 6) is -1.13. The number of carboxylic acids is 1. The van der Waals surface area contributed by atoms with Crippen molar-refractivity contribution in [2.75, 3.05) is 0 Å². The van der Waals surface area contributed by atoms with Crippen LogP contribution < -0.4 is 0 Å². The number of rotatable bonds is 4. The summed E-state index contributed by atoms with van der Waals surface area (Å²) in [4.78, 5) is 25.9. The summed E-state index contributed by atoms with van der Waals surface area (Å²) in [5.41, 5.74) is 2.77. The number of aromatic nitrogens is 2. The Kier molecular flexibility index (Phi) is 4.17. The first kappa shape index (κ1) is 16.3. The maximum Gasteiger partial charge on any atom is 0.309 e. The number of hydrogen-bond donors (Lipinski definition) is 1. The first-order valence-electron chi connectivity index (χ1n) is 7.95. The molecule has 24 heavy (non-hydrogen) atoms. The molecule has 128 valence electrons. The molecule has 2 aromatic rings. The molecule has 0 spiro atoms. The lowest BCUT2D eigenvalue weighted by molar-refractivity contribution is -0.153. The molecule has 1 fully saturated rings. The molecule has 1 aliphatic heterocycles. The second-order valence-electron chi connectivity index (χ2n) is 6.24. The molecule has 0 saturated carbocycles. The maximum absolute atomic E-state index is 12.6. The molecular weight excluding hydrogens is 310 g/mol. The van der Waals surface area contributed by atoms with E-state index in [-0.39, 0.29) is 12.3 Å². The van der Waals surface area contributed by atoms with Gasteiger partial charge in [-0.2, -0.15) is 5.10 Å². The molecule has 3 rings (SSSR count). The van der Waals surface area contributed by atoms with E-state index in [0.29, 0.717) is 18.7 Å². The largest absolute Gasteiger partial charge is 0.481 e. The van der Waals surface area contributed by atoms with Gasteiger partial charge in [0.1, 0.15) is 11.8 Å². The molecule has 7 nitrogen and oxygen atoms in total. The fourth-order valence-corrected chi connectivity index (χ4v) is 3.43. The third kappa shape index (κ3) is 2.70. The van der Waals surface area contributed by atoms with E-state index in [1.165, 1.54) is 6.26 Å². The summed E-state index contributed by atoms with van der Waals surface area (Å²) >= 11 is 0. The normalized spacial score (nSPS) is 21.3. The molecule has 0 aromatic carbocycles. The average Bonchev–Trinajstić information content (AvgIpc) is 3.13. The van der Waals surface area contributed by atoms with Crippen LogP contribution in [0.1, 0.15) is 41.6 Å². The van der Waals surface area contributed by atoms with Gasteiger partial charge in [0.05, 0.1) is 24.4 Å². The highest BCUT2D eigenvalue weighted by atomic mass is 16.4. The van der Waals surface area contributed by atoms with Crippen LogP contribution in [0.5, 0.6) is 0 Å². The van der Waals surface area contributed by atoms with Gasteiger partial charge in [0.25, 0.3) is 0 Å². The molecule has 1 saturated heterocycles. The fraction of sp³-hybridized carbons (Fsp3) is 0.471. The van der Waals surface area contributed by atoms with Crippen LogP contribution in [0.4, 0.5) is 0 Å². The number of aliphatic carboxylic acids is 1. The number of carbonyl (C=O) groups is 2. The highest BCUT2D eigenvalue weighted by Crippen LogP contribution is 2.38. The van der Waals surface area contributed by atoms with Crippen LogP contribution in [-0.2, 0) is 23.2 Å². The van der Waals surface area contributed by atoms with Gasteiger partial charge in [0.15, 0.2) is 0 Å². The predicted octanol–water partition coefficient (Wildman–Crippen LogP) is 2.19. The Morgan fingerprint density at radius 2 is 2.21 bits per heavy atom. The van der Waals surface area contributed by atoms with Crippen LogP contribution in [0, 0.1) is 19.8 Å². The second kappa shape index (κ2) is 6.14. The topological polar surface area (TPSA) is 88.6 Å². The van der Waals surface area contributed by atoms with Crippen molar-refractivity contribution in [2.45, 2.75) is 39.3 Å². The van der Waals surface area contributed by atoms with Crippen LogP contribution >= 0.6 is 0 Å². The Labute approximate surface area is 139 Å². The number of piperidine rings is 1. The minimum absolute atomic E-state index is 0.0587. The molecule has 1 aliphatic rings. The zero-order valence-electron chi connectivity index (χ0n) is 14.0. The van der Waals surface area contributed by atoms with Crippen LogP contribution in [0.25, 0.3) is 0 Å². The summed E-state index contributed by atoms with van der Waals surface area (Å²) in [6.07, 6.45) is 2.06. The van der Waals surface area contributed by atoms with Crippen molar-refractivity contribution in [1.82, 2.24) is 14.7 Å². The van der Waals surface area contributed by atoms with Gasteiger partial charge in [-0.3, -0.25) is 14.3 Å². The van der Waals surface area contributed by atoms with Gasteiger partial charge < -0.3 is 14.4 Å². The number of carboxylic acid groups (broad SMARTS) is 1. The Morgan fingerprint density at radius 3 is 2.75 bits per heavy atom. The van der Waals surface area contributed by atoms with Gasteiger partial charge >= 0.3 is 5.97 Å². The average molecular weight is 331 g/mol. The number of nitrogens with zero attached hydrogens (tertiary/aromatic N) is 3. The minimum atomic E-state index is -0.909.